The van der Waals surface area contributed by atoms with Gasteiger partial charge in [-0.3, -0.25) is 0 Å². The number of rotatable bonds is 5. The molecular weight excluding hydrogens is 252 g/mol. The standard InChI is InChI=1S/C14H18N6/c1-4-7-20-9-16-19-14(20)11(3)18-13-12(8-15)6-5-10(2)17-13/h5-6,9,11H,4,7H2,1-3H3,(H,17,18)/t11-/m0/s1. The van der Waals surface area contributed by atoms with E-state index >= 15 is 0 Å². The number of pyridine rings is 1. The van der Waals surface area contributed by atoms with Crippen LogP contribution in [-0.2, 0) is 6.54 Å². The Bertz CT molecular complexity index is 625. The van der Waals surface area contributed by atoms with Crippen LogP contribution in [0, 0.1) is 18.3 Å². The van der Waals surface area contributed by atoms with Crippen molar-refractivity contribution in [2.24, 2.45) is 0 Å². The summed E-state index contributed by atoms with van der Waals surface area (Å²) in [4.78, 5) is 4.38. The highest BCUT2D eigenvalue weighted by Gasteiger charge is 2.15. The van der Waals surface area contributed by atoms with Crippen LogP contribution in [0.1, 0.15) is 43.4 Å². The second-order valence-corrected chi connectivity index (χ2v) is 4.71. The molecule has 0 fully saturated rings. The van der Waals surface area contributed by atoms with Crippen molar-refractivity contribution in [1.82, 2.24) is 19.7 Å². The molecule has 2 aromatic rings. The van der Waals surface area contributed by atoms with E-state index in [0.717, 1.165) is 24.5 Å². The number of hydrogen-bond donors (Lipinski definition) is 1. The molecule has 6 heteroatoms. The van der Waals surface area contributed by atoms with Crippen molar-refractivity contribution in [2.75, 3.05) is 5.32 Å². The van der Waals surface area contributed by atoms with Crippen molar-refractivity contribution < 1.29 is 0 Å². The maximum absolute atomic E-state index is 9.13. The molecule has 2 rings (SSSR count). The third kappa shape index (κ3) is 2.94. The van der Waals surface area contributed by atoms with Crippen LogP contribution in [0.2, 0.25) is 0 Å². The summed E-state index contributed by atoms with van der Waals surface area (Å²) in [6.07, 6.45) is 2.75. The zero-order valence-electron chi connectivity index (χ0n) is 12.0. The van der Waals surface area contributed by atoms with Gasteiger partial charge in [0.25, 0.3) is 0 Å². The molecule has 6 nitrogen and oxygen atoms in total. The molecule has 2 heterocycles. The summed E-state index contributed by atoms with van der Waals surface area (Å²) in [7, 11) is 0. The Labute approximate surface area is 118 Å². The highest BCUT2D eigenvalue weighted by Crippen LogP contribution is 2.19. The van der Waals surface area contributed by atoms with E-state index in [1.54, 1.807) is 12.4 Å². The fourth-order valence-corrected chi connectivity index (χ4v) is 2.04. The van der Waals surface area contributed by atoms with Crippen LogP contribution in [0.25, 0.3) is 0 Å². The Hall–Kier alpha value is -2.42. The summed E-state index contributed by atoms with van der Waals surface area (Å²) >= 11 is 0. The third-order valence-corrected chi connectivity index (χ3v) is 3.01. The number of nitrogens with zero attached hydrogens (tertiary/aromatic N) is 5. The van der Waals surface area contributed by atoms with Gasteiger partial charge >= 0.3 is 0 Å². The maximum Gasteiger partial charge on any atom is 0.155 e. The normalized spacial score (nSPS) is 11.9. The molecule has 104 valence electrons. The van der Waals surface area contributed by atoms with Gasteiger partial charge in [0.2, 0.25) is 0 Å². The molecule has 0 saturated carbocycles. The highest BCUT2D eigenvalue weighted by atomic mass is 15.3. The fraction of sp³-hybridized carbons (Fsp3) is 0.429. The van der Waals surface area contributed by atoms with Crippen molar-refractivity contribution in [3.63, 3.8) is 0 Å². The SMILES string of the molecule is CCCn1cnnc1[C@H](C)Nc1nc(C)ccc1C#N. The van der Waals surface area contributed by atoms with Gasteiger partial charge in [0.15, 0.2) is 5.82 Å². The quantitative estimate of drug-likeness (QED) is 0.902. The summed E-state index contributed by atoms with van der Waals surface area (Å²) in [6.45, 7) is 6.87. The predicted octanol–water partition coefficient (Wildman–Crippen LogP) is 2.44. The minimum absolute atomic E-state index is 0.0644. The van der Waals surface area contributed by atoms with Crippen molar-refractivity contribution in [3.05, 3.63) is 35.5 Å². The largest absolute Gasteiger partial charge is 0.359 e. The summed E-state index contributed by atoms with van der Waals surface area (Å²) in [6, 6.07) is 5.68. The first-order valence-corrected chi connectivity index (χ1v) is 6.67. The maximum atomic E-state index is 9.13. The number of aromatic nitrogens is 4. The van der Waals surface area contributed by atoms with E-state index in [2.05, 4.69) is 33.5 Å². The monoisotopic (exact) mass is 270 g/mol. The van der Waals surface area contributed by atoms with E-state index in [-0.39, 0.29) is 6.04 Å². The second kappa shape index (κ2) is 6.15. The molecule has 2 aromatic heterocycles. The lowest BCUT2D eigenvalue weighted by Crippen LogP contribution is -2.15. The molecule has 0 aliphatic carbocycles. The molecular formula is C14H18N6. The van der Waals surface area contributed by atoms with Crippen LogP contribution in [-0.4, -0.2) is 19.7 Å². The average molecular weight is 270 g/mol. The van der Waals surface area contributed by atoms with Crippen LogP contribution in [0.4, 0.5) is 5.82 Å². The Morgan fingerprint density at radius 3 is 2.95 bits per heavy atom. The Kier molecular flexibility index (Phi) is 4.31. The lowest BCUT2D eigenvalue weighted by molar-refractivity contribution is 0.613. The van der Waals surface area contributed by atoms with Gasteiger partial charge in [-0.05, 0) is 32.4 Å². The van der Waals surface area contributed by atoms with Crippen LogP contribution in [0.5, 0.6) is 0 Å². The highest BCUT2D eigenvalue weighted by molar-refractivity contribution is 5.52. The van der Waals surface area contributed by atoms with Crippen molar-refractivity contribution in [3.8, 4) is 6.07 Å². The van der Waals surface area contributed by atoms with Crippen LogP contribution in [0.3, 0.4) is 0 Å². The number of anilines is 1. The smallest absolute Gasteiger partial charge is 0.155 e. The summed E-state index contributed by atoms with van der Waals surface area (Å²) < 4.78 is 2.01. The number of nitriles is 1. The van der Waals surface area contributed by atoms with Gasteiger partial charge in [-0.25, -0.2) is 4.98 Å². The fourth-order valence-electron chi connectivity index (χ4n) is 2.04. The molecule has 0 amide bonds. The average Bonchev–Trinajstić information content (AvgIpc) is 2.88. The first-order chi connectivity index (χ1) is 9.65. The van der Waals surface area contributed by atoms with Gasteiger partial charge in [-0.2, -0.15) is 5.26 Å². The summed E-state index contributed by atoms with van der Waals surface area (Å²) in [5, 5.41) is 20.5. The lowest BCUT2D eigenvalue weighted by Gasteiger charge is -2.16. The van der Waals surface area contributed by atoms with Crippen molar-refractivity contribution >= 4 is 5.82 Å². The van der Waals surface area contributed by atoms with Crippen molar-refractivity contribution in [1.29, 1.82) is 5.26 Å². The molecule has 1 atom stereocenters. The van der Waals surface area contributed by atoms with E-state index in [4.69, 9.17) is 5.26 Å². The zero-order valence-corrected chi connectivity index (χ0v) is 12.0. The molecule has 0 radical (unpaired) electrons. The predicted molar refractivity (Wildman–Crippen MR) is 76.0 cm³/mol. The summed E-state index contributed by atoms with van der Waals surface area (Å²) in [5.41, 5.74) is 1.40. The number of nitrogens with one attached hydrogen (secondary N) is 1. The van der Waals surface area contributed by atoms with Gasteiger partial charge in [-0.15, -0.1) is 10.2 Å². The van der Waals surface area contributed by atoms with E-state index in [0.29, 0.717) is 11.4 Å². The molecule has 20 heavy (non-hydrogen) atoms. The molecule has 0 aliphatic rings. The van der Waals surface area contributed by atoms with Gasteiger partial charge in [-0.1, -0.05) is 6.92 Å². The minimum atomic E-state index is -0.0644. The Morgan fingerprint density at radius 1 is 1.45 bits per heavy atom. The zero-order chi connectivity index (χ0) is 14.5. The van der Waals surface area contributed by atoms with Crippen molar-refractivity contribution in [2.45, 2.75) is 39.8 Å². The molecule has 0 aliphatic heterocycles. The number of hydrogen-bond acceptors (Lipinski definition) is 5. The van der Waals surface area contributed by atoms with Crippen LogP contribution in [0.15, 0.2) is 18.5 Å². The second-order valence-electron chi connectivity index (χ2n) is 4.71. The van der Waals surface area contributed by atoms with Gasteiger partial charge in [0, 0.05) is 12.2 Å². The number of aryl methyl sites for hydroxylation is 2. The van der Waals surface area contributed by atoms with E-state index in [9.17, 15) is 0 Å². The van der Waals surface area contributed by atoms with Crippen LogP contribution < -0.4 is 5.32 Å². The molecule has 0 saturated heterocycles. The Balaban J connectivity index is 2.23. The first kappa shape index (κ1) is 14.0. The molecule has 0 spiro atoms. The molecule has 0 bridgehead atoms. The molecule has 0 unspecified atom stereocenters. The third-order valence-electron chi connectivity index (χ3n) is 3.01. The van der Waals surface area contributed by atoms with Gasteiger partial charge < -0.3 is 9.88 Å². The first-order valence-electron chi connectivity index (χ1n) is 6.67. The van der Waals surface area contributed by atoms with E-state index in [1.165, 1.54) is 0 Å². The summed E-state index contributed by atoms with van der Waals surface area (Å²) in [5.74, 6) is 1.44. The van der Waals surface area contributed by atoms with Crippen LogP contribution >= 0.6 is 0 Å². The van der Waals surface area contributed by atoms with E-state index in [1.807, 2.05) is 24.5 Å². The topological polar surface area (TPSA) is 79.4 Å². The lowest BCUT2D eigenvalue weighted by atomic mass is 10.2. The van der Waals surface area contributed by atoms with E-state index < -0.39 is 0 Å². The molecule has 1 N–H and O–H groups in total. The van der Waals surface area contributed by atoms with Gasteiger partial charge in [0.1, 0.15) is 18.2 Å². The Morgan fingerprint density at radius 2 is 2.25 bits per heavy atom. The molecule has 0 aromatic carbocycles. The minimum Gasteiger partial charge on any atom is -0.359 e. The van der Waals surface area contributed by atoms with Gasteiger partial charge in [0.05, 0.1) is 11.6 Å².